The number of rotatable bonds is 4. The number of hydrogen-bond donors (Lipinski definition) is 1. The number of amides is 1. The number of nitrogens with zero attached hydrogens (tertiary/aromatic N) is 3. The molecule has 1 aromatic heterocycles. The number of carbonyl (C=O) groups excluding carboxylic acids is 1. The molecule has 1 aliphatic rings. The lowest BCUT2D eigenvalue weighted by Gasteiger charge is -2.26. The normalized spacial score (nSPS) is 14.6. The highest BCUT2D eigenvalue weighted by atomic mass is 16.2. The van der Waals surface area contributed by atoms with Gasteiger partial charge in [0.1, 0.15) is 17.8 Å². The summed E-state index contributed by atoms with van der Waals surface area (Å²) < 4.78 is 0. The van der Waals surface area contributed by atoms with E-state index in [1.54, 1.807) is 6.07 Å². The number of likely N-dealkylation sites (tertiary alicyclic amines) is 1. The van der Waals surface area contributed by atoms with Crippen molar-refractivity contribution in [2.75, 3.05) is 18.4 Å². The van der Waals surface area contributed by atoms with Crippen LogP contribution in [0.1, 0.15) is 40.9 Å². The summed E-state index contributed by atoms with van der Waals surface area (Å²) >= 11 is 0. The molecule has 1 N–H and O–H groups in total. The molecule has 0 spiro atoms. The molecule has 5 nitrogen and oxygen atoms in total. The van der Waals surface area contributed by atoms with Gasteiger partial charge in [-0.3, -0.25) is 4.79 Å². The van der Waals surface area contributed by atoms with Gasteiger partial charge < -0.3 is 10.2 Å². The standard InChI is InChI=1S/C18H22N4O/c1-14-7-3-4-8-15(14)12-19-17-11-16(20-13-21-17)18(23)22-9-5-2-6-10-22/h3-4,7-8,11,13H,2,5-6,9-10,12H2,1H3,(H,19,20,21). The van der Waals surface area contributed by atoms with Crippen LogP contribution >= 0.6 is 0 Å². The first kappa shape index (κ1) is 15.5. The minimum atomic E-state index is 0.00559. The molecule has 0 radical (unpaired) electrons. The number of aryl methyl sites for hydroxylation is 1. The minimum absolute atomic E-state index is 0.00559. The molecule has 0 bridgehead atoms. The van der Waals surface area contributed by atoms with Gasteiger partial charge in [0.2, 0.25) is 0 Å². The maximum atomic E-state index is 12.5. The van der Waals surface area contributed by atoms with Gasteiger partial charge in [0.05, 0.1) is 0 Å². The average Bonchev–Trinajstić information content (AvgIpc) is 2.61. The summed E-state index contributed by atoms with van der Waals surface area (Å²) in [6.07, 6.45) is 4.82. The van der Waals surface area contributed by atoms with E-state index in [0.717, 1.165) is 25.9 Å². The Hall–Kier alpha value is -2.43. The summed E-state index contributed by atoms with van der Waals surface area (Å²) in [5, 5.41) is 3.28. The molecule has 23 heavy (non-hydrogen) atoms. The molecular formula is C18H22N4O. The predicted octanol–water partition coefficient (Wildman–Crippen LogP) is 3.02. The lowest BCUT2D eigenvalue weighted by atomic mass is 10.1. The maximum absolute atomic E-state index is 12.5. The molecule has 0 saturated carbocycles. The van der Waals surface area contributed by atoms with Crippen molar-refractivity contribution in [1.29, 1.82) is 0 Å². The van der Waals surface area contributed by atoms with Crippen LogP contribution in [0.25, 0.3) is 0 Å². The van der Waals surface area contributed by atoms with E-state index >= 15 is 0 Å². The van der Waals surface area contributed by atoms with Gasteiger partial charge in [-0.1, -0.05) is 24.3 Å². The Labute approximate surface area is 136 Å². The molecule has 2 heterocycles. The summed E-state index contributed by atoms with van der Waals surface area (Å²) in [7, 11) is 0. The first-order valence-corrected chi connectivity index (χ1v) is 8.14. The van der Waals surface area contributed by atoms with Crippen LogP contribution in [-0.4, -0.2) is 33.9 Å². The van der Waals surface area contributed by atoms with Crippen molar-refractivity contribution < 1.29 is 4.79 Å². The third kappa shape index (κ3) is 3.86. The van der Waals surface area contributed by atoms with E-state index in [1.807, 2.05) is 17.0 Å². The van der Waals surface area contributed by atoms with Crippen molar-refractivity contribution >= 4 is 11.7 Å². The average molecular weight is 310 g/mol. The highest BCUT2D eigenvalue weighted by molar-refractivity contribution is 5.92. The zero-order valence-electron chi connectivity index (χ0n) is 13.5. The molecule has 0 aliphatic carbocycles. The van der Waals surface area contributed by atoms with E-state index in [4.69, 9.17) is 0 Å². The second kappa shape index (κ2) is 7.22. The SMILES string of the molecule is Cc1ccccc1CNc1cc(C(=O)N2CCCCC2)ncn1. The zero-order valence-corrected chi connectivity index (χ0v) is 13.5. The zero-order chi connectivity index (χ0) is 16.1. The molecule has 1 fully saturated rings. The maximum Gasteiger partial charge on any atom is 0.272 e. The molecule has 1 aliphatic heterocycles. The molecule has 1 aromatic carbocycles. The Kier molecular flexibility index (Phi) is 4.86. The van der Waals surface area contributed by atoms with Crippen LogP contribution in [0.3, 0.4) is 0 Å². The lowest BCUT2D eigenvalue weighted by molar-refractivity contribution is 0.0718. The van der Waals surface area contributed by atoms with Crippen molar-refractivity contribution in [2.45, 2.75) is 32.7 Å². The van der Waals surface area contributed by atoms with Crippen molar-refractivity contribution in [1.82, 2.24) is 14.9 Å². The summed E-state index contributed by atoms with van der Waals surface area (Å²) in [6, 6.07) is 9.97. The van der Waals surface area contributed by atoms with Gasteiger partial charge in [0.15, 0.2) is 0 Å². The van der Waals surface area contributed by atoms with Crippen LogP contribution < -0.4 is 5.32 Å². The van der Waals surface area contributed by atoms with E-state index in [0.29, 0.717) is 18.1 Å². The molecule has 0 unspecified atom stereocenters. The molecule has 0 atom stereocenters. The van der Waals surface area contributed by atoms with Crippen LogP contribution in [0.5, 0.6) is 0 Å². The van der Waals surface area contributed by atoms with E-state index in [1.165, 1.54) is 23.9 Å². The fourth-order valence-electron chi connectivity index (χ4n) is 2.82. The Morgan fingerprint density at radius 2 is 1.96 bits per heavy atom. The number of aromatic nitrogens is 2. The second-order valence-electron chi connectivity index (χ2n) is 5.92. The Morgan fingerprint density at radius 3 is 2.74 bits per heavy atom. The van der Waals surface area contributed by atoms with Gasteiger partial charge in [0.25, 0.3) is 5.91 Å². The molecule has 5 heteroatoms. The summed E-state index contributed by atoms with van der Waals surface area (Å²) in [4.78, 5) is 22.7. The monoisotopic (exact) mass is 310 g/mol. The minimum Gasteiger partial charge on any atom is -0.366 e. The topological polar surface area (TPSA) is 58.1 Å². The quantitative estimate of drug-likeness (QED) is 0.943. The molecule has 1 saturated heterocycles. The Balaban J connectivity index is 1.67. The Bertz CT molecular complexity index is 680. The van der Waals surface area contributed by atoms with E-state index in [9.17, 15) is 4.79 Å². The number of piperidine rings is 1. The highest BCUT2D eigenvalue weighted by Crippen LogP contribution is 2.14. The second-order valence-corrected chi connectivity index (χ2v) is 5.92. The number of carbonyl (C=O) groups is 1. The van der Waals surface area contributed by atoms with Crippen LogP contribution in [0, 0.1) is 6.92 Å². The van der Waals surface area contributed by atoms with Gasteiger partial charge >= 0.3 is 0 Å². The summed E-state index contributed by atoms with van der Waals surface area (Å²) in [5.41, 5.74) is 2.92. The number of hydrogen-bond acceptors (Lipinski definition) is 4. The predicted molar refractivity (Wildman–Crippen MR) is 90.3 cm³/mol. The number of anilines is 1. The first-order valence-electron chi connectivity index (χ1n) is 8.14. The molecule has 1 amide bonds. The molecular weight excluding hydrogens is 288 g/mol. The smallest absolute Gasteiger partial charge is 0.272 e. The third-order valence-electron chi connectivity index (χ3n) is 4.25. The molecule has 120 valence electrons. The molecule has 3 rings (SSSR count). The van der Waals surface area contributed by atoms with Crippen molar-refractivity contribution in [3.63, 3.8) is 0 Å². The van der Waals surface area contributed by atoms with E-state index in [2.05, 4.69) is 34.3 Å². The fourth-order valence-corrected chi connectivity index (χ4v) is 2.82. The summed E-state index contributed by atoms with van der Waals surface area (Å²) in [6.45, 7) is 4.42. The number of benzene rings is 1. The first-order chi connectivity index (χ1) is 11.2. The lowest BCUT2D eigenvalue weighted by Crippen LogP contribution is -2.36. The highest BCUT2D eigenvalue weighted by Gasteiger charge is 2.19. The van der Waals surface area contributed by atoms with Gasteiger partial charge in [-0.2, -0.15) is 0 Å². The van der Waals surface area contributed by atoms with Crippen LogP contribution in [0.4, 0.5) is 5.82 Å². The number of nitrogens with one attached hydrogen (secondary N) is 1. The summed E-state index contributed by atoms with van der Waals surface area (Å²) in [5.74, 6) is 0.689. The fraction of sp³-hybridized carbons (Fsp3) is 0.389. The third-order valence-corrected chi connectivity index (χ3v) is 4.25. The Morgan fingerprint density at radius 1 is 1.17 bits per heavy atom. The van der Waals surface area contributed by atoms with Gasteiger partial charge in [-0.05, 0) is 37.3 Å². The van der Waals surface area contributed by atoms with Crippen LogP contribution in [-0.2, 0) is 6.54 Å². The van der Waals surface area contributed by atoms with E-state index in [-0.39, 0.29) is 5.91 Å². The van der Waals surface area contributed by atoms with Gasteiger partial charge in [0, 0.05) is 25.7 Å². The largest absolute Gasteiger partial charge is 0.366 e. The van der Waals surface area contributed by atoms with Crippen molar-refractivity contribution in [3.05, 3.63) is 53.5 Å². The van der Waals surface area contributed by atoms with Gasteiger partial charge in [-0.25, -0.2) is 9.97 Å². The molecule has 2 aromatic rings. The van der Waals surface area contributed by atoms with Crippen LogP contribution in [0.2, 0.25) is 0 Å². The van der Waals surface area contributed by atoms with Gasteiger partial charge in [-0.15, -0.1) is 0 Å². The van der Waals surface area contributed by atoms with E-state index < -0.39 is 0 Å². The van der Waals surface area contributed by atoms with Crippen molar-refractivity contribution in [3.8, 4) is 0 Å². The van der Waals surface area contributed by atoms with Crippen LogP contribution in [0.15, 0.2) is 36.7 Å². The van der Waals surface area contributed by atoms with Crippen molar-refractivity contribution in [2.24, 2.45) is 0 Å².